The number of carbonyl (C=O) groups excluding carboxylic acids is 1. The van der Waals surface area contributed by atoms with Crippen LogP contribution >= 0.6 is 11.6 Å². The fourth-order valence-corrected chi connectivity index (χ4v) is 2.92. The number of esters is 1. The smallest absolute Gasteiger partial charge is 0.331 e. The number of nitrogens with zero attached hydrogens (tertiary/aromatic N) is 2. The quantitative estimate of drug-likeness (QED) is 0.416. The van der Waals surface area contributed by atoms with Gasteiger partial charge >= 0.3 is 5.97 Å². The molecular weight excluding hydrogens is 396 g/mol. The Kier molecular flexibility index (Phi) is 6.51. The molecule has 0 spiro atoms. The van der Waals surface area contributed by atoms with Crippen LogP contribution in [-0.4, -0.2) is 30.3 Å². The van der Waals surface area contributed by atoms with E-state index in [1.54, 1.807) is 18.2 Å². The molecule has 0 atom stereocenters. The van der Waals surface area contributed by atoms with E-state index in [9.17, 15) is 4.79 Å². The second-order valence-corrected chi connectivity index (χ2v) is 6.41. The van der Waals surface area contributed by atoms with Crippen LogP contribution in [0, 0.1) is 6.92 Å². The Labute approximate surface area is 172 Å². The first-order valence-electron chi connectivity index (χ1n) is 8.66. The minimum atomic E-state index is -0.563. The Morgan fingerprint density at radius 3 is 2.72 bits per heavy atom. The number of hydrogen-bond acceptors (Lipinski definition) is 7. The SMILES string of the molecule is COc1cc(C=CC(=O)OCc2nc(-c3ccccc3C)no2)cc(Cl)c1OC. The van der Waals surface area contributed by atoms with Gasteiger partial charge < -0.3 is 18.7 Å². The number of benzene rings is 2. The molecule has 0 radical (unpaired) electrons. The fraction of sp³-hybridized carbons (Fsp3) is 0.190. The summed E-state index contributed by atoms with van der Waals surface area (Å²) < 4.78 is 20.7. The van der Waals surface area contributed by atoms with E-state index in [0.717, 1.165) is 11.1 Å². The van der Waals surface area contributed by atoms with Crippen molar-refractivity contribution >= 4 is 23.6 Å². The van der Waals surface area contributed by atoms with Crippen molar-refractivity contribution in [1.82, 2.24) is 10.1 Å². The summed E-state index contributed by atoms with van der Waals surface area (Å²) in [5, 5.41) is 4.30. The van der Waals surface area contributed by atoms with Crippen molar-refractivity contribution in [2.24, 2.45) is 0 Å². The van der Waals surface area contributed by atoms with E-state index in [1.807, 2.05) is 31.2 Å². The molecule has 0 aliphatic carbocycles. The van der Waals surface area contributed by atoms with Crippen molar-refractivity contribution in [1.29, 1.82) is 0 Å². The lowest BCUT2D eigenvalue weighted by atomic mass is 10.1. The first-order valence-corrected chi connectivity index (χ1v) is 9.04. The lowest BCUT2D eigenvalue weighted by molar-refractivity contribution is -0.139. The minimum absolute atomic E-state index is 0.130. The van der Waals surface area contributed by atoms with Crippen LogP contribution in [0.4, 0.5) is 0 Å². The number of rotatable bonds is 7. The molecule has 0 N–H and O–H groups in total. The van der Waals surface area contributed by atoms with Gasteiger partial charge in [0.05, 0.1) is 19.2 Å². The molecule has 0 aliphatic rings. The topological polar surface area (TPSA) is 83.7 Å². The molecule has 150 valence electrons. The van der Waals surface area contributed by atoms with E-state index in [2.05, 4.69) is 10.1 Å². The van der Waals surface area contributed by atoms with E-state index < -0.39 is 5.97 Å². The first kappa shape index (κ1) is 20.4. The maximum Gasteiger partial charge on any atom is 0.331 e. The average molecular weight is 415 g/mol. The van der Waals surface area contributed by atoms with Gasteiger partial charge in [0.2, 0.25) is 5.82 Å². The van der Waals surface area contributed by atoms with Gasteiger partial charge in [0, 0.05) is 11.6 Å². The zero-order chi connectivity index (χ0) is 20.8. The third kappa shape index (κ3) is 4.94. The third-order valence-corrected chi connectivity index (χ3v) is 4.34. The van der Waals surface area contributed by atoms with Crippen molar-refractivity contribution < 1.29 is 23.5 Å². The highest BCUT2D eigenvalue weighted by molar-refractivity contribution is 6.32. The van der Waals surface area contributed by atoms with Crippen molar-refractivity contribution in [3.8, 4) is 22.9 Å². The molecule has 0 bridgehead atoms. The number of halogens is 1. The van der Waals surface area contributed by atoms with Crippen molar-refractivity contribution in [3.63, 3.8) is 0 Å². The van der Waals surface area contributed by atoms with Gasteiger partial charge in [0.1, 0.15) is 0 Å². The van der Waals surface area contributed by atoms with Crippen molar-refractivity contribution in [2.45, 2.75) is 13.5 Å². The molecule has 8 heteroatoms. The Morgan fingerprint density at radius 2 is 2.00 bits per heavy atom. The van der Waals surface area contributed by atoms with Crippen molar-refractivity contribution in [2.75, 3.05) is 14.2 Å². The van der Waals surface area contributed by atoms with Gasteiger partial charge in [0.25, 0.3) is 5.89 Å². The normalized spacial score (nSPS) is 10.9. The van der Waals surface area contributed by atoms with Crippen LogP contribution in [0.2, 0.25) is 5.02 Å². The standard InChI is InChI=1S/C21H19ClN2O5/c1-13-6-4-5-7-15(13)21-23-18(29-24-21)12-28-19(25)9-8-14-10-16(22)20(27-3)17(11-14)26-2/h4-11H,12H2,1-3H3. The monoisotopic (exact) mass is 414 g/mol. The Bertz CT molecular complexity index is 1050. The summed E-state index contributed by atoms with van der Waals surface area (Å²) in [5.41, 5.74) is 2.54. The zero-order valence-electron chi connectivity index (χ0n) is 16.1. The summed E-state index contributed by atoms with van der Waals surface area (Å²) in [6, 6.07) is 11.0. The molecule has 0 saturated heterocycles. The van der Waals surface area contributed by atoms with Gasteiger partial charge in [-0.05, 0) is 36.3 Å². The Morgan fingerprint density at radius 1 is 1.21 bits per heavy atom. The summed E-state index contributed by atoms with van der Waals surface area (Å²) in [6.07, 6.45) is 2.83. The van der Waals surface area contributed by atoms with E-state index in [0.29, 0.717) is 27.9 Å². The fourth-order valence-electron chi connectivity index (χ4n) is 2.63. The number of ether oxygens (including phenoxy) is 3. The van der Waals surface area contributed by atoms with Gasteiger partial charge in [-0.2, -0.15) is 4.98 Å². The summed E-state index contributed by atoms with van der Waals surface area (Å²) in [6.45, 7) is 1.82. The third-order valence-electron chi connectivity index (χ3n) is 4.06. The van der Waals surface area contributed by atoms with Gasteiger partial charge in [0.15, 0.2) is 18.1 Å². The van der Waals surface area contributed by atoms with Gasteiger partial charge in [-0.1, -0.05) is 41.0 Å². The summed E-state index contributed by atoms with van der Waals surface area (Å²) in [4.78, 5) is 16.3. The second-order valence-electron chi connectivity index (χ2n) is 6.01. The second kappa shape index (κ2) is 9.25. The summed E-state index contributed by atoms with van der Waals surface area (Å²) >= 11 is 6.15. The highest BCUT2D eigenvalue weighted by Crippen LogP contribution is 2.36. The zero-order valence-corrected chi connectivity index (χ0v) is 16.9. The van der Waals surface area contributed by atoms with Gasteiger partial charge in [-0.25, -0.2) is 4.79 Å². The molecule has 29 heavy (non-hydrogen) atoms. The molecule has 3 aromatic rings. The molecule has 0 aliphatic heterocycles. The van der Waals surface area contributed by atoms with E-state index in [4.69, 9.17) is 30.3 Å². The molecule has 0 fully saturated rings. The minimum Gasteiger partial charge on any atom is -0.493 e. The van der Waals surface area contributed by atoms with Crippen LogP contribution < -0.4 is 9.47 Å². The molecule has 2 aromatic carbocycles. The lowest BCUT2D eigenvalue weighted by Crippen LogP contribution is -2.01. The van der Waals surface area contributed by atoms with Crippen LogP contribution in [-0.2, 0) is 16.1 Å². The highest BCUT2D eigenvalue weighted by Gasteiger charge is 2.12. The molecule has 0 saturated carbocycles. The van der Waals surface area contributed by atoms with Gasteiger partial charge in [-0.15, -0.1) is 0 Å². The molecule has 1 heterocycles. The predicted molar refractivity (Wildman–Crippen MR) is 108 cm³/mol. The van der Waals surface area contributed by atoms with E-state index in [-0.39, 0.29) is 12.5 Å². The van der Waals surface area contributed by atoms with E-state index in [1.165, 1.54) is 20.3 Å². The first-order chi connectivity index (χ1) is 14.0. The average Bonchev–Trinajstić information content (AvgIpc) is 3.19. The molecule has 0 amide bonds. The van der Waals surface area contributed by atoms with Crippen molar-refractivity contribution in [3.05, 3.63) is 64.5 Å². The largest absolute Gasteiger partial charge is 0.493 e. The van der Waals surface area contributed by atoms with Crippen LogP contribution in [0.15, 0.2) is 47.0 Å². The maximum atomic E-state index is 12.0. The van der Waals surface area contributed by atoms with Crippen LogP contribution in [0.5, 0.6) is 11.5 Å². The predicted octanol–water partition coefficient (Wildman–Crippen LogP) is 4.47. The lowest BCUT2D eigenvalue weighted by Gasteiger charge is -2.10. The number of hydrogen-bond donors (Lipinski definition) is 0. The summed E-state index contributed by atoms with van der Waals surface area (Å²) in [5.74, 6) is 0.979. The van der Waals surface area contributed by atoms with E-state index >= 15 is 0 Å². The number of aryl methyl sites for hydroxylation is 1. The van der Waals surface area contributed by atoms with Crippen LogP contribution in [0.1, 0.15) is 17.0 Å². The molecule has 0 unspecified atom stereocenters. The molecular formula is C21H19ClN2O5. The number of methoxy groups -OCH3 is 2. The number of aromatic nitrogens is 2. The highest BCUT2D eigenvalue weighted by atomic mass is 35.5. The van der Waals surface area contributed by atoms with Crippen LogP contribution in [0.25, 0.3) is 17.5 Å². The molecule has 7 nitrogen and oxygen atoms in total. The summed E-state index contributed by atoms with van der Waals surface area (Å²) in [7, 11) is 3.00. The maximum absolute atomic E-state index is 12.0. The number of carbonyl (C=O) groups is 1. The van der Waals surface area contributed by atoms with Gasteiger partial charge in [-0.3, -0.25) is 0 Å². The molecule has 3 rings (SSSR count). The Hall–Kier alpha value is -3.32. The van der Waals surface area contributed by atoms with Crippen LogP contribution in [0.3, 0.4) is 0 Å². The molecule has 1 aromatic heterocycles. The Balaban J connectivity index is 1.62.